The molecule has 10 heteroatoms. The van der Waals surface area contributed by atoms with Gasteiger partial charge in [0.25, 0.3) is 0 Å². The van der Waals surface area contributed by atoms with Crippen molar-refractivity contribution in [3.05, 3.63) is 58.2 Å². The van der Waals surface area contributed by atoms with E-state index in [1.807, 2.05) is 0 Å². The third kappa shape index (κ3) is 5.11. The van der Waals surface area contributed by atoms with Crippen LogP contribution < -0.4 is 14.6 Å². The van der Waals surface area contributed by atoms with E-state index in [1.54, 1.807) is 24.4 Å². The number of pyridine rings is 1. The fourth-order valence-electron chi connectivity index (χ4n) is 2.70. The van der Waals surface area contributed by atoms with E-state index in [0.29, 0.717) is 27.0 Å². The van der Waals surface area contributed by atoms with Crippen LogP contribution in [0.3, 0.4) is 0 Å². The maximum atomic E-state index is 13.1. The number of nitrogens with one attached hydrogen (secondary N) is 1. The van der Waals surface area contributed by atoms with Crippen LogP contribution in [-0.2, 0) is 0 Å². The minimum absolute atomic E-state index is 0.0740. The summed E-state index contributed by atoms with van der Waals surface area (Å²) in [5, 5.41) is 7.75. The number of aromatic carboxylic acids is 1. The molecule has 0 saturated carbocycles. The molecule has 0 bridgehead atoms. The number of fused-ring (bicyclic) bond motifs is 1. The van der Waals surface area contributed by atoms with Gasteiger partial charge in [0.05, 0.1) is 0 Å². The van der Waals surface area contributed by atoms with Crippen LogP contribution in [0.15, 0.2) is 47.1 Å². The number of nitrogens with zero attached hydrogens (tertiary/aromatic N) is 1. The fraction of sp³-hybridized carbons (Fsp3) is 0.150. The molecule has 3 rings (SSSR count). The normalized spacial score (nSPS) is 11.1. The van der Waals surface area contributed by atoms with E-state index >= 15 is 0 Å². The summed E-state index contributed by atoms with van der Waals surface area (Å²) in [5.41, 5.74) is 1.40. The zero-order valence-corrected chi connectivity index (χ0v) is 18.7. The molecule has 0 unspecified atom stereocenters. The van der Waals surface area contributed by atoms with Crippen LogP contribution in [0, 0.1) is 11.8 Å². The Morgan fingerprint density at radius 2 is 2.10 bits per heavy atom. The third-order valence-corrected chi connectivity index (χ3v) is 6.40. The van der Waals surface area contributed by atoms with Gasteiger partial charge < -0.3 is 0 Å². The van der Waals surface area contributed by atoms with Crippen molar-refractivity contribution in [3.8, 4) is 17.6 Å². The summed E-state index contributed by atoms with van der Waals surface area (Å²) in [4.78, 5) is 11.1. The van der Waals surface area contributed by atoms with Gasteiger partial charge in [-0.1, -0.05) is 0 Å². The van der Waals surface area contributed by atoms with Crippen LogP contribution in [0.5, 0.6) is 5.75 Å². The van der Waals surface area contributed by atoms with Gasteiger partial charge in [-0.25, -0.2) is 0 Å². The first-order valence-corrected chi connectivity index (χ1v) is 10.9. The molecule has 0 atom stereocenters. The van der Waals surface area contributed by atoms with Crippen LogP contribution >= 0.6 is 15.9 Å². The molecule has 30 heavy (non-hydrogen) atoms. The van der Waals surface area contributed by atoms with Crippen LogP contribution in [-0.4, -0.2) is 49.2 Å². The number of aromatic nitrogens is 1. The molecule has 0 fully saturated rings. The number of hydrogen-bond acceptors (Lipinski definition) is 3. The van der Waals surface area contributed by atoms with E-state index in [4.69, 9.17) is 9.84 Å². The Kier molecular flexibility index (Phi) is 6.66. The van der Waals surface area contributed by atoms with Gasteiger partial charge in [0.15, 0.2) is 0 Å². The zero-order chi connectivity index (χ0) is 21.9. The molecule has 0 saturated heterocycles. The molecule has 2 N–H and O–H groups in total. The van der Waals surface area contributed by atoms with Crippen molar-refractivity contribution < 1.29 is 27.8 Å². The average molecular weight is 546 g/mol. The van der Waals surface area contributed by atoms with Gasteiger partial charge in [-0.3, -0.25) is 0 Å². The first-order chi connectivity index (χ1) is 14.2. The van der Waals surface area contributed by atoms with Crippen molar-refractivity contribution in [3.63, 3.8) is 0 Å². The maximum absolute atomic E-state index is 13.1. The van der Waals surface area contributed by atoms with Gasteiger partial charge in [0.1, 0.15) is 0 Å². The second-order valence-electron chi connectivity index (χ2n) is 5.90. The number of methoxy groups -OCH3 is 1. The first-order valence-electron chi connectivity index (χ1n) is 8.39. The SMILES string of the molecule is COc1ccc(C(=O)O)cc1NCC#Cc1cc2c(Br)cccn2c1[Se]C(F)(F)F. The van der Waals surface area contributed by atoms with Crippen LogP contribution in [0.25, 0.3) is 5.52 Å². The van der Waals surface area contributed by atoms with Crippen molar-refractivity contribution in [2.75, 3.05) is 19.0 Å². The van der Waals surface area contributed by atoms with Gasteiger partial charge >= 0.3 is 185 Å². The standard InChI is InChI=1S/C20H14BrF3N2O3Se/c1-29-17-7-6-13(19(27)28)10-15(17)25-8-2-4-12-11-16-14(21)5-3-9-26(16)18(12)30-20(22,23)24/h3,5-7,9-11,25H,8H2,1H3,(H,27,28). The number of hydrogen-bond donors (Lipinski definition) is 2. The van der Waals surface area contributed by atoms with E-state index in [1.165, 1.54) is 29.7 Å². The molecule has 5 nitrogen and oxygen atoms in total. The summed E-state index contributed by atoms with van der Waals surface area (Å²) in [5.74, 6) is 4.95. The number of carboxylic acids is 1. The molecule has 2 aromatic heterocycles. The summed E-state index contributed by atoms with van der Waals surface area (Å²) in [6, 6.07) is 9.36. The molecule has 0 aliphatic carbocycles. The van der Waals surface area contributed by atoms with Crippen molar-refractivity contribution >= 4 is 52.7 Å². The quantitative estimate of drug-likeness (QED) is 0.379. The van der Waals surface area contributed by atoms with Gasteiger partial charge in [-0.2, -0.15) is 0 Å². The third-order valence-electron chi connectivity index (χ3n) is 3.96. The van der Waals surface area contributed by atoms with Crippen molar-refractivity contribution in [1.29, 1.82) is 0 Å². The van der Waals surface area contributed by atoms with Gasteiger partial charge in [0, 0.05) is 0 Å². The van der Waals surface area contributed by atoms with E-state index < -0.39 is 26.0 Å². The number of carboxylic acid groups (broad SMARTS) is 1. The van der Waals surface area contributed by atoms with E-state index in [0.717, 1.165) is 0 Å². The Morgan fingerprint density at radius 3 is 2.77 bits per heavy atom. The molecule has 1 aromatic carbocycles. The van der Waals surface area contributed by atoms with Crippen LogP contribution in [0.4, 0.5) is 18.9 Å². The number of carbonyl (C=O) groups is 1. The molecule has 0 radical (unpaired) electrons. The summed E-state index contributed by atoms with van der Waals surface area (Å²) >= 11 is 1.59. The monoisotopic (exact) mass is 546 g/mol. The molecule has 0 spiro atoms. The topological polar surface area (TPSA) is 63.0 Å². The summed E-state index contributed by atoms with van der Waals surface area (Å²) in [7, 11) is 1.45. The van der Waals surface area contributed by atoms with Gasteiger partial charge in [-0.15, -0.1) is 0 Å². The fourth-order valence-corrected chi connectivity index (χ4v) is 4.62. The predicted octanol–water partition coefficient (Wildman–Crippen LogP) is 3.72. The Hall–Kier alpha value is -2.60. The van der Waals surface area contributed by atoms with Gasteiger partial charge in [-0.05, 0) is 0 Å². The van der Waals surface area contributed by atoms with E-state index in [9.17, 15) is 18.0 Å². The van der Waals surface area contributed by atoms with E-state index in [-0.39, 0.29) is 16.7 Å². The minimum atomic E-state index is -4.32. The Balaban J connectivity index is 1.88. The molecular weight excluding hydrogens is 532 g/mol. The predicted molar refractivity (Wildman–Crippen MR) is 112 cm³/mol. The van der Waals surface area contributed by atoms with Crippen molar-refractivity contribution in [1.82, 2.24) is 4.40 Å². The molecule has 3 aromatic rings. The molecular formula is C20H14BrF3N2O3Se. The average Bonchev–Trinajstić information content (AvgIpc) is 3.02. The van der Waals surface area contributed by atoms with Gasteiger partial charge in [0.2, 0.25) is 0 Å². The zero-order valence-electron chi connectivity index (χ0n) is 15.4. The van der Waals surface area contributed by atoms with Crippen LogP contribution in [0.2, 0.25) is 0 Å². The summed E-state index contributed by atoms with van der Waals surface area (Å²) in [6.45, 7) is 0.0885. The second kappa shape index (κ2) is 9.04. The molecule has 0 aliphatic rings. The van der Waals surface area contributed by atoms with Crippen molar-refractivity contribution in [2.24, 2.45) is 0 Å². The summed E-state index contributed by atoms with van der Waals surface area (Å²) < 4.78 is 46.8. The Morgan fingerprint density at radius 1 is 1.33 bits per heavy atom. The second-order valence-corrected chi connectivity index (χ2v) is 8.96. The number of alkyl halides is 3. The molecule has 0 aliphatic heterocycles. The molecule has 0 amide bonds. The van der Waals surface area contributed by atoms with Crippen molar-refractivity contribution in [2.45, 2.75) is 5.07 Å². The number of anilines is 1. The number of ether oxygens (including phenoxy) is 1. The molecule has 156 valence electrons. The molecule has 2 heterocycles. The Labute approximate surface area is 184 Å². The van der Waals surface area contributed by atoms with Crippen LogP contribution in [0.1, 0.15) is 15.9 Å². The number of benzene rings is 1. The summed E-state index contributed by atoms with van der Waals surface area (Å²) in [6.07, 6.45) is 1.58. The Bertz CT molecular complexity index is 1170. The number of halogens is 4. The first kappa shape index (κ1) is 22.1. The van der Waals surface area contributed by atoms with E-state index in [2.05, 4.69) is 33.1 Å². The number of rotatable bonds is 5.